The lowest BCUT2D eigenvalue weighted by atomic mass is 10.1. The molecule has 0 aliphatic carbocycles. The number of anilines is 1. The van der Waals surface area contributed by atoms with Crippen LogP contribution >= 0.6 is 24.0 Å². The van der Waals surface area contributed by atoms with Crippen LogP contribution in [0.1, 0.15) is 18.6 Å². The van der Waals surface area contributed by atoms with Crippen molar-refractivity contribution < 1.29 is 9.84 Å². The number of guanidine groups is 1. The van der Waals surface area contributed by atoms with Crippen LogP contribution < -0.4 is 15.0 Å². The number of benzene rings is 2. The molecule has 7 heteroatoms. The number of nitrogens with zero attached hydrogens (tertiary/aromatic N) is 3. The van der Waals surface area contributed by atoms with E-state index in [4.69, 9.17) is 4.74 Å². The van der Waals surface area contributed by atoms with Crippen LogP contribution in [0.25, 0.3) is 0 Å². The summed E-state index contributed by atoms with van der Waals surface area (Å²) in [4.78, 5) is 9.35. The summed E-state index contributed by atoms with van der Waals surface area (Å²) in [6.07, 6.45) is -0.634. The van der Waals surface area contributed by atoms with Crippen LogP contribution in [0.3, 0.4) is 0 Å². The summed E-state index contributed by atoms with van der Waals surface area (Å²) in [5, 5.41) is 13.8. The Morgan fingerprint density at radius 1 is 1.07 bits per heavy atom. The molecule has 6 nitrogen and oxygen atoms in total. The van der Waals surface area contributed by atoms with Gasteiger partial charge in [0.05, 0.1) is 19.8 Å². The molecule has 0 saturated carbocycles. The fraction of sp³-hybridized carbons (Fsp3) is 0.409. The van der Waals surface area contributed by atoms with Crippen molar-refractivity contribution in [1.29, 1.82) is 0 Å². The van der Waals surface area contributed by atoms with Crippen molar-refractivity contribution in [3.05, 3.63) is 60.2 Å². The van der Waals surface area contributed by atoms with Crippen molar-refractivity contribution in [2.75, 3.05) is 51.3 Å². The summed E-state index contributed by atoms with van der Waals surface area (Å²) < 4.78 is 5.17. The summed E-state index contributed by atoms with van der Waals surface area (Å²) in [7, 11) is 1.63. The summed E-state index contributed by atoms with van der Waals surface area (Å²) in [5.74, 6) is 1.65. The maximum absolute atomic E-state index is 10.5. The quantitative estimate of drug-likeness (QED) is 0.356. The van der Waals surface area contributed by atoms with E-state index in [9.17, 15) is 5.11 Å². The molecule has 0 amide bonds. The van der Waals surface area contributed by atoms with Crippen molar-refractivity contribution in [2.45, 2.75) is 13.0 Å². The Balaban J connectivity index is 0.00000300. The lowest BCUT2D eigenvalue weighted by Crippen LogP contribution is -2.52. The van der Waals surface area contributed by atoms with Gasteiger partial charge in [0.25, 0.3) is 0 Å². The van der Waals surface area contributed by atoms with Crippen LogP contribution in [0.4, 0.5) is 5.69 Å². The van der Waals surface area contributed by atoms with Crippen LogP contribution in [0, 0.1) is 0 Å². The average molecular weight is 510 g/mol. The molecule has 0 aromatic heterocycles. The lowest BCUT2D eigenvalue weighted by molar-refractivity contribution is 0.186. The minimum atomic E-state index is -0.634. The first-order chi connectivity index (χ1) is 13.7. The normalized spacial score (nSPS) is 15.5. The molecule has 2 N–H and O–H groups in total. The fourth-order valence-electron chi connectivity index (χ4n) is 3.35. The van der Waals surface area contributed by atoms with Crippen molar-refractivity contribution in [3.63, 3.8) is 0 Å². The molecule has 1 aliphatic heterocycles. The lowest BCUT2D eigenvalue weighted by Gasteiger charge is -2.37. The van der Waals surface area contributed by atoms with Crippen LogP contribution in [0.2, 0.25) is 0 Å². The molecule has 1 saturated heterocycles. The van der Waals surface area contributed by atoms with Gasteiger partial charge in [-0.3, -0.25) is 4.99 Å². The Morgan fingerprint density at radius 2 is 1.72 bits per heavy atom. The highest BCUT2D eigenvalue weighted by Gasteiger charge is 2.20. The van der Waals surface area contributed by atoms with Gasteiger partial charge in [0.1, 0.15) is 5.75 Å². The molecule has 1 fully saturated rings. The van der Waals surface area contributed by atoms with Gasteiger partial charge in [-0.15, -0.1) is 24.0 Å². The molecule has 1 unspecified atom stereocenters. The molecule has 0 bridgehead atoms. The van der Waals surface area contributed by atoms with Crippen molar-refractivity contribution in [2.24, 2.45) is 4.99 Å². The van der Waals surface area contributed by atoms with E-state index >= 15 is 0 Å². The minimum Gasteiger partial charge on any atom is -0.497 e. The van der Waals surface area contributed by atoms with Gasteiger partial charge in [0, 0.05) is 38.4 Å². The monoisotopic (exact) mass is 510 g/mol. The van der Waals surface area contributed by atoms with E-state index in [1.54, 1.807) is 7.11 Å². The maximum Gasteiger partial charge on any atom is 0.194 e. The number of hydrogen-bond acceptors (Lipinski definition) is 4. The third-order valence-electron chi connectivity index (χ3n) is 4.95. The molecule has 2 aromatic rings. The largest absolute Gasteiger partial charge is 0.497 e. The number of hydrogen-bond donors (Lipinski definition) is 2. The molecule has 1 heterocycles. The second kappa shape index (κ2) is 11.9. The maximum atomic E-state index is 10.5. The zero-order chi connectivity index (χ0) is 19.8. The Kier molecular flexibility index (Phi) is 9.53. The van der Waals surface area contributed by atoms with Gasteiger partial charge in [-0.05, 0) is 36.8 Å². The molecular weight excluding hydrogens is 479 g/mol. The molecule has 158 valence electrons. The fourth-order valence-corrected chi connectivity index (χ4v) is 3.35. The third kappa shape index (κ3) is 6.50. The van der Waals surface area contributed by atoms with Crippen molar-refractivity contribution in [1.82, 2.24) is 10.2 Å². The molecule has 29 heavy (non-hydrogen) atoms. The van der Waals surface area contributed by atoms with E-state index in [0.717, 1.165) is 50.0 Å². The Bertz CT molecular complexity index is 747. The Hall–Kier alpha value is -2.00. The summed E-state index contributed by atoms with van der Waals surface area (Å²) in [6, 6.07) is 18.0. The van der Waals surface area contributed by atoms with Gasteiger partial charge in [-0.1, -0.05) is 30.3 Å². The topological polar surface area (TPSA) is 60.3 Å². The Morgan fingerprint density at radius 3 is 2.31 bits per heavy atom. The van der Waals surface area contributed by atoms with Gasteiger partial charge in [-0.2, -0.15) is 0 Å². The molecule has 3 rings (SSSR count). The van der Waals surface area contributed by atoms with Crippen LogP contribution in [-0.4, -0.2) is 62.3 Å². The predicted molar refractivity (Wildman–Crippen MR) is 130 cm³/mol. The van der Waals surface area contributed by atoms with E-state index in [-0.39, 0.29) is 24.0 Å². The number of ether oxygens (including phenoxy) is 1. The number of nitrogens with one attached hydrogen (secondary N) is 1. The van der Waals surface area contributed by atoms with Crippen LogP contribution in [-0.2, 0) is 0 Å². The number of methoxy groups -OCH3 is 1. The van der Waals surface area contributed by atoms with Gasteiger partial charge in [0.15, 0.2) is 5.96 Å². The highest BCUT2D eigenvalue weighted by atomic mass is 127. The van der Waals surface area contributed by atoms with Gasteiger partial charge < -0.3 is 25.0 Å². The number of piperazine rings is 1. The third-order valence-corrected chi connectivity index (χ3v) is 4.95. The number of para-hydroxylation sites is 1. The second-order valence-corrected chi connectivity index (χ2v) is 6.79. The van der Waals surface area contributed by atoms with E-state index in [2.05, 4.69) is 51.3 Å². The first-order valence-electron chi connectivity index (χ1n) is 9.86. The smallest absolute Gasteiger partial charge is 0.194 e. The number of aliphatic hydroxyl groups is 1. The van der Waals surface area contributed by atoms with Gasteiger partial charge >= 0.3 is 0 Å². The summed E-state index contributed by atoms with van der Waals surface area (Å²) in [6.45, 7) is 6.91. The van der Waals surface area contributed by atoms with E-state index in [0.29, 0.717) is 6.54 Å². The zero-order valence-electron chi connectivity index (χ0n) is 17.1. The van der Waals surface area contributed by atoms with Crippen LogP contribution in [0.5, 0.6) is 5.75 Å². The van der Waals surface area contributed by atoms with E-state index in [1.165, 1.54) is 5.69 Å². The minimum absolute atomic E-state index is 0. The van der Waals surface area contributed by atoms with E-state index in [1.807, 2.05) is 30.3 Å². The highest BCUT2D eigenvalue weighted by Crippen LogP contribution is 2.18. The van der Waals surface area contributed by atoms with E-state index < -0.39 is 6.10 Å². The Labute approximate surface area is 190 Å². The first kappa shape index (κ1) is 23.3. The second-order valence-electron chi connectivity index (χ2n) is 6.79. The van der Waals surface area contributed by atoms with Gasteiger partial charge in [-0.25, -0.2) is 0 Å². The number of halogens is 1. The van der Waals surface area contributed by atoms with Gasteiger partial charge in [0.2, 0.25) is 0 Å². The standard InChI is InChI=1S/C22H30N4O2.HI/c1-3-23-22(24-17-21(27)18-9-11-20(28-2)12-10-18)26-15-13-25(14-16-26)19-7-5-4-6-8-19;/h4-12,21,27H,3,13-17H2,1-2H3,(H,23,24);1H. The van der Waals surface area contributed by atoms with Crippen LogP contribution in [0.15, 0.2) is 59.6 Å². The molecular formula is C22H31IN4O2. The number of aliphatic imine (C=N–C) groups is 1. The molecule has 1 atom stereocenters. The summed E-state index contributed by atoms with van der Waals surface area (Å²) >= 11 is 0. The highest BCUT2D eigenvalue weighted by molar-refractivity contribution is 14.0. The number of rotatable bonds is 6. The molecule has 2 aromatic carbocycles. The number of aliphatic hydroxyl groups excluding tert-OH is 1. The predicted octanol–water partition coefficient (Wildman–Crippen LogP) is 3.13. The molecule has 0 spiro atoms. The molecule has 1 aliphatic rings. The first-order valence-corrected chi connectivity index (χ1v) is 9.86. The zero-order valence-corrected chi connectivity index (χ0v) is 19.5. The SMILES string of the molecule is CCNC(=NCC(O)c1ccc(OC)cc1)N1CCN(c2ccccc2)CC1.I. The average Bonchev–Trinajstić information content (AvgIpc) is 2.77. The van der Waals surface area contributed by atoms with Crippen molar-refractivity contribution >= 4 is 35.6 Å². The summed E-state index contributed by atoms with van der Waals surface area (Å²) in [5.41, 5.74) is 2.10. The molecule has 0 radical (unpaired) electrons. The van der Waals surface area contributed by atoms with Crippen molar-refractivity contribution in [3.8, 4) is 5.75 Å².